The Bertz CT molecular complexity index is 613. The van der Waals surface area contributed by atoms with E-state index < -0.39 is 0 Å². The van der Waals surface area contributed by atoms with Crippen molar-refractivity contribution in [3.8, 4) is 0 Å². The molecule has 0 unspecified atom stereocenters. The molecule has 0 bridgehead atoms. The third-order valence-electron chi connectivity index (χ3n) is 5.61. The monoisotopic (exact) mass is 362 g/mol. The first-order valence-electron chi connectivity index (χ1n) is 9.83. The lowest BCUT2D eigenvalue weighted by Gasteiger charge is -2.28. The Hall–Kier alpha value is -1.36. The molecule has 0 spiro atoms. The number of aryl methyl sites for hydroxylation is 1. The lowest BCUT2D eigenvalue weighted by molar-refractivity contribution is -0.135. The van der Waals surface area contributed by atoms with Crippen LogP contribution in [0.3, 0.4) is 0 Å². The zero-order valence-electron chi connectivity index (χ0n) is 15.6. The van der Waals surface area contributed by atoms with Gasteiger partial charge in [0.15, 0.2) is 0 Å². The Labute approximate surface area is 155 Å². The van der Waals surface area contributed by atoms with Crippen LogP contribution in [0.1, 0.15) is 66.1 Å². The van der Waals surface area contributed by atoms with Crippen LogP contribution < -0.4 is 0 Å². The first-order chi connectivity index (χ1) is 12.1. The number of hydrogen-bond acceptors (Lipinski definition) is 3. The minimum atomic E-state index is 0.108. The maximum absolute atomic E-state index is 12.9. The van der Waals surface area contributed by atoms with Gasteiger partial charge in [0.2, 0.25) is 5.91 Å². The largest absolute Gasteiger partial charge is 0.342 e. The van der Waals surface area contributed by atoms with E-state index in [0.29, 0.717) is 5.91 Å². The van der Waals surface area contributed by atoms with E-state index in [-0.39, 0.29) is 11.8 Å². The van der Waals surface area contributed by atoms with Crippen molar-refractivity contribution in [1.82, 2.24) is 9.80 Å². The van der Waals surface area contributed by atoms with E-state index in [4.69, 9.17) is 0 Å². The van der Waals surface area contributed by atoms with Crippen LogP contribution in [-0.4, -0.2) is 47.8 Å². The molecule has 4 nitrogen and oxygen atoms in total. The van der Waals surface area contributed by atoms with Crippen molar-refractivity contribution in [1.29, 1.82) is 0 Å². The molecule has 3 rings (SSSR count). The highest BCUT2D eigenvalue weighted by Gasteiger charge is 2.30. The van der Waals surface area contributed by atoms with Crippen molar-refractivity contribution in [3.05, 3.63) is 21.4 Å². The summed E-state index contributed by atoms with van der Waals surface area (Å²) in [5.74, 6) is 0.590. The lowest BCUT2D eigenvalue weighted by atomic mass is 9.87. The van der Waals surface area contributed by atoms with Crippen LogP contribution in [0.25, 0.3) is 0 Å². The molecule has 1 aliphatic heterocycles. The van der Waals surface area contributed by atoms with E-state index >= 15 is 0 Å². The quantitative estimate of drug-likeness (QED) is 0.819. The summed E-state index contributed by atoms with van der Waals surface area (Å²) in [5.41, 5.74) is 1.24. The van der Waals surface area contributed by atoms with Crippen molar-refractivity contribution >= 4 is 23.2 Å². The number of amides is 2. The number of likely N-dealkylation sites (tertiary alicyclic amines) is 1. The van der Waals surface area contributed by atoms with Gasteiger partial charge in [-0.3, -0.25) is 9.59 Å². The average Bonchev–Trinajstić information content (AvgIpc) is 2.87. The molecule has 1 fully saturated rings. The van der Waals surface area contributed by atoms with E-state index in [2.05, 4.69) is 11.0 Å². The molecular formula is C20H30N2O2S. The van der Waals surface area contributed by atoms with Gasteiger partial charge in [-0.2, -0.15) is 0 Å². The Morgan fingerprint density at radius 1 is 1.16 bits per heavy atom. The van der Waals surface area contributed by atoms with Crippen molar-refractivity contribution < 1.29 is 9.59 Å². The third-order valence-corrected chi connectivity index (χ3v) is 6.84. The summed E-state index contributed by atoms with van der Waals surface area (Å²) in [6, 6.07) is 2.06. The van der Waals surface area contributed by atoms with Crippen LogP contribution in [0.2, 0.25) is 0 Å². The van der Waals surface area contributed by atoms with Gasteiger partial charge in [-0.1, -0.05) is 12.8 Å². The van der Waals surface area contributed by atoms with Gasteiger partial charge >= 0.3 is 0 Å². The highest BCUT2D eigenvalue weighted by Crippen LogP contribution is 2.34. The van der Waals surface area contributed by atoms with Crippen molar-refractivity contribution in [2.75, 3.05) is 26.2 Å². The first kappa shape index (κ1) is 18.4. The second kappa shape index (κ2) is 8.35. The molecule has 1 saturated heterocycles. The number of fused-ring (bicyclic) bond motifs is 1. The van der Waals surface area contributed by atoms with Crippen LogP contribution in [0.4, 0.5) is 0 Å². The minimum absolute atomic E-state index is 0.108. The van der Waals surface area contributed by atoms with Crippen LogP contribution >= 0.6 is 11.3 Å². The minimum Gasteiger partial charge on any atom is -0.342 e. The molecule has 0 saturated carbocycles. The average molecular weight is 363 g/mol. The summed E-state index contributed by atoms with van der Waals surface area (Å²) < 4.78 is 0. The molecule has 25 heavy (non-hydrogen) atoms. The van der Waals surface area contributed by atoms with Gasteiger partial charge in [0.1, 0.15) is 0 Å². The topological polar surface area (TPSA) is 40.6 Å². The van der Waals surface area contributed by atoms with Crippen LogP contribution in [-0.2, 0) is 17.6 Å². The van der Waals surface area contributed by atoms with E-state index in [1.807, 2.05) is 18.7 Å². The number of carbonyl (C=O) groups excluding carboxylic acids is 2. The number of carbonyl (C=O) groups is 2. The van der Waals surface area contributed by atoms with E-state index in [1.165, 1.54) is 23.3 Å². The Balaban J connectivity index is 1.69. The lowest BCUT2D eigenvalue weighted by Crippen LogP contribution is -2.38. The third kappa shape index (κ3) is 4.08. The van der Waals surface area contributed by atoms with Crippen molar-refractivity contribution in [3.63, 3.8) is 0 Å². The van der Waals surface area contributed by atoms with E-state index in [0.717, 1.165) is 63.2 Å². The maximum atomic E-state index is 12.9. The SMILES string of the molecule is CCN(CC)C(=O)c1cc2c(s1)CC[C@@H](C(=O)N1CCCCCC1)C2. The van der Waals surface area contributed by atoms with Gasteiger partial charge in [0, 0.05) is 37.0 Å². The van der Waals surface area contributed by atoms with Gasteiger partial charge in [-0.15, -0.1) is 11.3 Å². The number of nitrogens with zero attached hydrogens (tertiary/aromatic N) is 2. The molecule has 5 heteroatoms. The highest BCUT2D eigenvalue weighted by atomic mass is 32.1. The predicted octanol–water partition coefficient (Wildman–Crippen LogP) is 3.74. The summed E-state index contributed by atoms with van der Waals surface area (Å²) in [7, 11) is 0. The number of thiophene rings is 1. The molecule has 138 valence electrons. The van der Waals surface area contributed by atoms with Crippen LogP contribution in [0.5, 0.6) is 0 Å². The number of rotatable bonds is 4. The van der Waals surface area contributed by atoms with Gasteiger partial charge in [-0.25, -0.2) is 0 Å². The summed E-state index contributed by atoms with van der Waals surface area (Å²) in [5, 5.41) is 0. The van der Waals surface area contributed by atoms with E-state index in [9.17, 15) is 9.59 Å². The van der Waals surface area contributed by atoms with Crippen molar-refractivity contribution in [2.24, 2.45) is 5.92 Å². The molecule has 0 aromatic carbocycles. The highest BCUT2D eigenvalue weighted by molar-refractivity contribution is 7.14. The number of hydrogen-bond donors (Lipinski definition) is 0. The van der Waals surface area contributed by atoms with Crippen LogP contribution in [0.15, 0.2) is 6.07 Å². The predicted molar refractivity (Wildman–Crippen MR) is 102 cm³/mol. The molecule has 2 heterocycles. The molecule has 1 aliphatic carbocycles. The van der Waals surface area contributed by atoms with E-state index in [1.54, 1.807) is 11.3 Å². The molecule has 0 radical (unpaired) electrons. The molecule has 1 aromatic heterocycles. The summed E-state index contributed by atoms with van der Waals surface area (Å²) in [4.78, 5) is 31.6. The van der Waals surface area contributed by atoms with Gasteiger partial charge in [0.25, 0.3) is 5.91 Å². The normalized spacial score (nSPS) is 20.7. The fourth-order valence-electron chi connectivity index (χ4n) is 4.06. The Kier molecular flexibility index (Phi) is 6.15. The molecule has 0 N–H and O–H groups in total. The molecule has 1 aromatic rings. The van der Waals surface area contributed by atoms with Gasteiger partial charge in [-0.05, 0) is 57.6 Å². The standard InChI is InChI=1S/C20H30N2O2S/c1-3-21(4-2)20(24)18-14-16-13-15(9-10-17(16)25-18)19(23)22-11-7-5-6-8-12-22/h14-15H,3-13H2,1-2H3/t15-/m1/s1. The van der Waals surface area contributed by atoms with Gasteiger partial charge in [0.05, 0.1) is 4.88 Å². The Morgan fingerprint density at radius 2 is 1.84 bits per heavy atom. The smallest absolute Gasteiger partial charge is 0.263 e. The van der Waals surface area contributed by atoms with Crippen molar-refractivity contribution in [2.45, 2.75) is 58.8 Å². The fourth-order valence-corrected chi connectivity index (χ4v) is 5.23. The molecule has 1 atom stereocenters. The molecule has 2 amide bonds. The zero-order chi connectivity index (χ0) is 17.8. The van der Waals surface area contributed by atoms with Gasteiger partial charge < -0.3 is 9.80 Å². The fraction of sp³-hybridized carbons (Fsp3) is 0.700. The summed E-state index contributed by atoms with van der Waals surface area (Å²) in [6.45, 7) is 7.38. The maximum Gasteiger partial charge on any atom is 0.263 e. The molecule has 2 aliphatic rings. The second-order valence-electron chi connectivity index (χ2n) is 7.22. The van der Waals surface area contributed by atoms with Crippen LogP contribution in [0, 0.1) is 5.92 Å². The second-order valence-corrected chi connectivity index (χ2v) is 8.35. The summed E-state index contributed by atoms with van der Waals surface area (Å²) >= 11 is 1.64. The first-order valence-corrected chi connectivity index (χ1v) is 10.6. The molecular weight excluding hydrogens is 332 g/mol. The summed E-state index contributed by atoms with van der Waals surface area (Å²) in [6.07, 6.45) is 7.47. The Morgan fingerprint density at radius 3 is 2.48 bits per heavy atom. The zero-order valence-corrected chi connectivity index (χ0v) is 16.4.